The van der Waals surface area contributed by atoms with Gasteiger partial charge < -0.3 is 8.98 Å². The highest BCUT2D eigenvalue weighted by Crippen LogP contribution is 2.41. The van der Waals surface area contributed by atoms with E-state index in [4.69, 9.17) is 9.40 Å². The third kappa shape index (κ3) is 4.22. The van der Waals surface area contributed by atoms with Gasteiger partial charge in [-0.25, -0.2) is 4.98 Å². The first-order valence-corrected chi connectivity index (χ1v) is 16.2. The summed E-state index contributed by atoms with van der Waals surface area (Å²) in [6, 6.07) is 49.8. The van der Waals surface area contributed by atoms with Crippen molar-refractivity contribution in [1.29, 1.82) is 0 Å². The molecule has 0 amide bonds. The molecular formula is C42H26N6O. The Morgan fingerprint density at radius 2 is 1.06 bits per heavy atom. The van der Waals surface area contributed by atoms with Gasteiger partial charge in [0.25, 0.3) is 0 Å². The van der Waals surface area contributed by atoms with Crippen molar-refractivity contribution in [2.24, 2.45) is 0 Å². The molecule has 5 aromatic heterocycles. The van der Waals surface area contributed by atoms with E-state index in [2.05, 4.69) is 127 Å². The second-order valence-corrected chi connectivity index (χ2v) is 12.0. The highest BCUT2D eigenvalue weighted by Gasteiger charge is 2.22. The third-order valence-corrected chi connectivity index (χ3v) is 9.22. The lowest BCUT2D eigenvalue weighted by Gasteiger charge is -2.09. The Kier molecular flexibility index (Phi) is 6.04. The zero-order valence-electron chi connectivity index (χ0n) is 26.1. The van der Waals surface area contributed by atoms with E-state index in [-0.39, 0.29) is 0 Å². The Morgan fingerprint density at radius 1 is 0.469 bits per heavy atom. The van der Waals surface area contributed by atoms with Crippen molar-refractivity contribution in [3.8, 4) is 45.7 Å². The lowest BCUT2D eigenvalue weighted by Crippen LogP contribution is -1.98. The Balaban J connectivity index is 1.16. The molecule has 0 aliphatic rings. The van der Waals surface area contributed by atoms with Crippen LogP contribution in [-0.2, 0) is 0 Å². The first-order chi connectivity index (χ1) is 24.3. The number of hydrogen-bond donors (Lipinski definition) is 0. The molecule has 0 spiro atoms. The Morgan fingerprint density at radius 3 is 1.73 bits per heavy atom. The first-order valence-electron chi connectivity index (χ1n) is 16.2. The number of nitrogens with zero attached hydrogens (tertiary/aromatic N) is 6. The van der Waals surface area contributed by atoms with Gasteiger partial charge in [-0.05, 0) is 72.8 Å². The van der Waals surface area contributed by atoms with E-state index in [0.29, 0.717) is 11.8 Å². The molecule has 0 aliphatic carbocycles. The minimum Gasteiger partial charge on any atom is -0.416 e. The minimum atomic E-state index is 0.462. The normalized spacial score (nSPS) is 11.7. The molecule has 0 unspecified atom stereocenters. The predicted molar refractivity (Wildman–Crippen MR) is 195 cm³/mol. The van der Waals surface area contributed by atoms with Crippen LogP contribution in [0.2, 0.25) is 0 Å². The van der Waals surface area contributed by atoms with Gasteiger partial charge in [-0.3, -0.25) is 9.55 Å². The predicted octanol–water partition coefficient (Wildman–Crippen LogP) is 10.1. The molecular weight excluding hydrogens is 605 g/mol. The third-order valence-electron chi connectivity index (χ3n) is 9.22. The van der Waals surface area contributed by atoms with Gasteiger partial charge in [-0.2, -0.15) is 0 Å². The van der Waals surface area contributed by atoms with Gasteiger partial charge in [-0.15, -0.1) is 10.2 Å². The van der Waals surface area contributed by atoms with E-state index in [1.807, 2.05) is 48.7 Å². The van der Waals surface area contributed by atoms with E-state index in [0.717, 1.165) is 77.5 Å². The molecule has 0 N–H and O–H groups in total. The molecule has 0 saturated heterocycles. The SMILES string of the molecule is c1ccc(-n2c3ccccc3c3c(-c4nnc(-c5cccc6c5c5ccccc5n6-c5cccc(-c6cccnc6)n5)o4)cccc32)cc1. The van der Waals surface area contributed by atoms with E-state index >= 15 is 0 Å². The Labute approximate surface area is 280 Å². The van der Waals surface area contributed by atoms with Gasteiger partial charge in [0, 0.05) is 56.3 Å². The summed E-state index contributed by atoms with van der Waals surface area (Å²) in [5.41, 5.74) is 8.93. The molecule has 0 saturated carbocycles. The van der Waals surface area contributed by atoms with Crippen molar-refractivity contribution in [2.75, 3.05) is 0 Å². The molecule has 0 radical (unpaired) electrons. The maximum absolute atomic E-state index is 6.61. The topological polar surface area (TPSA) is 74.6 Å². The van der Waals surface area contributed by atoms with Gasteiger partial charge >= 0.3 is 0 Å². The van der Waals surface area contributed by atoms with Crippen molar-refractivity contribution in [3.05, 3.63) is 158 Å². The van der Waals surface area contributed by atoms with Crippen molar-refractivity contribution in [3.63, 3.8) is 0 Å². The second kappa shape index (κ2) is 10.9. The molecule has 7 heteroatoms. The van der Waals surface area contributed by atoms with Gasteiger partial charge in [0.05, 0.1) is 27.8 Å². The van der Waals surface area contributed by atoms with Crippen LogP contribution in [0.1, 0.15) is 0 Å². The summed E-state index contributed by atoms with van der Waals surface area (Å²) in [6.45, 7) is 0. The van der Waals surface area contributed by atoms with Crippen molar-refractivity contribution in [2.45, 2.75) is 0 Å². The van der Waals surface area contributed by atoms with Crippen molar-refractivity contribution < 1.29 is 4.42 Å². The van der Waals surface area contributed by atoms with Crippen LogP contribution in [0.3, 0.4) is 0 Å². The number of para-hydroxylation sites is 3. The highest BCUT2D eigenvalue weighted by molar-refractivity contribution is 6.16. The zero-order chi connectivity index (χ0) is 32.3. The van der Waals surface area contributed by atoms with Crippen LogP contribution in [0, 0.1) is 0 Å². The average molecular weight is 631 g/mol. The second-order valence-electron chi connectivity index (χ2n) is 12.0. The minimum absolute atomic E-state index is 0.462. The molecule has 0 fully saturated rings. The van der Waals surface area contributed by atoms with Gasteiger partial charge in [0.1, 0.15) is 5.82 Å². The Bertz CT molecular complexity index is 2830. The van der Waals surface area contributed by atoms with Crippen LogP contribution in [0.4, 0.5) is 0 Å². The van der Waals surface area contributed by atoms with Crippen LogP contribution < -0.4 is 0 Å². The average Bonchev–Trinajstić information content (AvgIpc) is 3.89. The van der Waals surface area contributed by atoms with Crippen LogP contribution in [0.15, 0.2) is 162 Å². The first kappa shape index (κ1) is 27.3. The standard InChI is InChI=1S/C42H26N6O/c1-2-13-28(14-3-1)47-34-20-6-4-15-29(34)39-31(17-8-22-36(39)47)41-45-46-42(49-41)32-18-9-23-37-40(32)30-16-5-7-21-35(30)48(37)38-24-10-19-33(44-38)27-12-11-25-43-26-27/h1-26H. The fourth-order valence-electron chi connectivity index (χ4n) is 7.16. The van der Waals surface area contributed by atoms with Crippen LogP contribution in [-0.4, -0.2) is 29.3 Å². The van der Waals surface area contributed by atoms with Crippen LogP contribution in [0.25, 0.3) is 89.3 Å². The molecule has 5 aromatic carbocycles. The van der Waals surface area contributed by atoms with Crippen molar-refractivity contribution >= 4 is 43.6 Å². The summed E-state index contributed by atoms with van der Waals surface area (Å²) in [5.74, 6) is 1.75. The number of benzene rings is 5. The summed E-state index contributed by atoms with van der Waals surface area (Å²) < 4.78 is 11.1. The van der Waals surface area contributed by atoms with E-state index in [1.54, 1.807) is 6.20 Å². The summed E-state index contributed by atoms with van der Waals surface area (Å²) in [5, 5.41) is 13.6. The van der Waals surface area contributed by atoms with E-state index < -0.39 is 0 Å². The smallest absolute Gasteiger partial charge is 0.248 e. The molecule has 230 valence electrons. The molecule has 0 bridgehead atoms. The van der Waals surface area contributed by atoms with Gasteiger partial charge in [-0.1, -0.05) is 72.8 Å². The molecule has 0 aliphatic heterocycles. The summed E-state index contributed by atoms with van der Waals surface area (Å²) in [7, 11) is 0. The van der Waals surface area contributed by atoms with E-state index in [9.17, 15) is 0 Å². The number of aromatic nitrogens is 6. The summed E-state index contributed by atoms with van der Waals surface area (Å²) >= 11 is 0. The highest BCUT2D eigenvalue weighted by atomic mass is 16.4. The molecule has 0 atom stereocenters. The maximum Gasteiger partial charge on any atom is 0.248 e. The number of pyridine rings is 2. The van der Waals surface area contributed by atoms with Crippen LogP contribution >= 0.6 is 0 Å². The van der Waals surface area contributed by atoms with Crippen molar-refractivity contribution in [1.82, 2.24) is 29.3 Å². The molecule has 49 heavy (non-hydrogen) atoms. The number of hydrogen-bond acceptors (Lipinski definition) is 5. The molecule has 10 aromatic rings. The number of rotatable bonds is 5. The lowest BCUT2D eigenvalue weighted by atomic mass is 10.1. The zero-order valence-corrected chi connectivity index (χ0v) is 26.1. The summed E-state index contributed by atoms with van der Waals surface area (Å²) in [4.78, 5) is 9.38. The Hall–Kier alpha value is -6.86. The maximum atomic E-state index is 6.61. The van der Waals surface area contributed by atoms with Gasteiger partial charge in [0.2, 0.25) is 11.8 Å². The quantitative estimate of drug-likeness (QED) is 0.189. The van der Waals surface area contributed by atoms with Crippen LogP contribution in [0.5, 0.6) is 0 Å². The van der Waals surface area contributed by atoms with E-state index in [1.165, 1.54) is 0 Å². The molecule has 5 heterocycles. The molecule has 10 rings (SSSR count). The molecule has 7 nitrogen and oxygen atoms in total. The lowest BCUT2D eigenvalue weighted by molar-refractivity contribution is 0.586. The fourth-order valence-corrected chi connectivity index (χ4v) is 7.16. The number of fused-ring (bicyclic) bond motifs is 6. The monoisotopic (exact) mass is 630 g/mol. The summed E-state index contributed by atoms with van der Waals surface area (Å²) in [6.07, 6.45) is 3.61. The fraction of sp³-hybridized carbons (Fsp3) is 0. The largest absolute Gasteiger partial charge is 0.416 e. The van der Waals surface area contributed by atoms with Gasteiger partial charge in [0.15, 0.2) is 0 Å².